The number of H-pyrrole nitrogens is 1. The Balaban J connectivity index is 0.000000298. The monoisotopic (exact) mass is 373 g/mol. The number of carbonyl (C=O) groups is 1. The van der Waals surface area contributed by atoms with Crippen LogP contribution in [0, 0.1) is 0 Å². The van der Waals surface area contributed by atoms with Crippen LogP contribution >= 0.6 is 0 Å². The molecule has 0 unspecified atom stereocenters. The number of nitrogens with one attached hydrogen (secondary N) is 1. The number of aliphatic carboxylic acids is 1. The number of anilines is 1. The summed E-state index contributed by atoms with van der Waals surface area (Å²) in [6.07, 6.45) is -2.46. The summed E-state index contributed by atoms with van der Waals surface area (Å²) in [5.41, 5.74) is 2.86. The minimum absolute atomic E-state index is 0.735. The Hall–Kier alpha value is -2.69. The number of rotatable bonds is 3. The van der Waals surface area contributed by atoms with Crippen molar-refractivity contribution in [3.05, 3.63) is 24.0 Å². The van der Waals surface area contributed by atoms with Crippen molar-refractivity contribution in [1.29, 1.82) is 0 Å². The minimum Gasteiger partial charge on any atom is -0.475 e. The highest BCUT2D eigenvalue weighted by molar-refractivity contribution is 5.73. The molecule has 0 bridgehead atoms. The van der Waals surface area contributed by atoms with Gasteiger partial charge in [-0.1, -0.05) is 6.92 Å². The highest BCUT2D eigenvalue weighted by atomic mass is 19.4. The molecule has 1 aliphatic rings. The molecule has 0 saturated carbocycles. The second-order valence-electron chi connectivity index (χ2n) is 5.27. The highest BCUT2D eigenvalue weighted by Gasteiger charge is 2.38. The van der Waals surface area contributed by atoms with E-state index in [0.29, 0.717) is 0 Å². The van der Waals surface area contributed by atoms with E-state index in [9.17, 15) is 13.2 Å². The molecule has 0 aliphatic carbocycles. The van der Waals surface area contributed by atoms with Crippen molar-refractivity contribution in [1.82, 2.24) is 20.2 Å². The Morgan fingerprint density at radius 3 is 2.50 bits per heavy atom. The summed E-state index contributed by atoms with van der Waals surface area (Å²) in [6, 6.07) is 3.93. The molecule has 0 aromatic carbocycles. The minimum atomic E-state index is -5.08. The molecule has 142 valence electrons. The third kappa shape index (κ3) is 5.41. The van der Waals surface area contributed by atoms with Crippen molar-refractivity contribution in [2.24, 2.45) is 0 Å². The van der Waals surface area contributed by atoms with E-state index in [0.717, 1.165) is 55.8 Å². The number of morpholine rings is 1. The van der Waals surface area contributed by atoms with Crippen LogP contribution in [-0.4, -0.2) is 63.7 Å². The van der Waals surface area contributed by atoms with Crippen molar-refractivity contribution in [2.75, 3.05) is 31.2 Å². The van der Waals surface area contributed by atoms with E-state index in [1.807, 2.05) is 12.1 Å². The van der Waals surface area contributed by atoms with E-state index in [1.54, 1.807) is 6.20 Å². The Kier molecular flexibility index (Phi) is 6.50. The number of carboxylic acids is 1. The van der Waals surface area contributed by atoms with Crippen molar-refractivity contribution in [3.63, 3.8) is 0 Å². The smallest absolute Gasteiger partial charge is 0.475 e. The van der Waals surface area contributed by atoms with Crippen LogP contribution in [0.5, 0.6) is 0 Å². The molecule has 1 fully saturated rings. The zero-order chi connectivity index (χ0) is 19.2. The molecule has 1 aliphatic heterocycles. The van der Waals surface area contributed by atoms with Gasteiger partial charge in [0, 0.05) is 25.0 Å². The van der Waals surface area contributed by atoms with Crippen molar-refractivity contribution >= 4 is 11.9 Å². The van der Waals surface area contributed by atoms with Crippen LogP contribution in [0.1, 0.15) is 12.6 Å². The summed E-state index contributed by atoms with van der Waals surface area (Å²) >= 11 is 0. The Morgan fingerprint density at radius 2 is 2.00 bits per heavy atom. The van der Waals surface area contributed by atoms with Gasteiger partial charge >= 0.3 is 12.1 Å². The predicted octanol–water partition coefficient (Wildman–Crippen LogP) is 1.90. The summed E-state index contributed by atoms with van der Waals surface area (Å²) in [5.74, 6) is -1.97. The fourth-order valence-electron chi connectivity index (χ4n) is 2.11. The Bertz CT molecular complexity index is 716. The van der Waals surface area contributed by atoms with E-state index >= 15 is 0 Å². The fraction of sp³-hybridized carbons (Fsp3) is 0.467. The van der Waals surface area contributed by atoms with E-state index < -0.39 is 12.1 Å². The number of halogens is 3. The van der Waals surface area contributed by atoms with Gasteiger partial charge in [0.25, 0.3) is 0 Å². The maximum absolute atomic E-state index is 10.6. The molecule has 8 nitrogen and oxygen atoms in total. The molecule has 0 atom stereocenters. The van der Waals surface area contributed by atoms with E-state index in [1.165, 1.54) is 0 Å². The zero-order valence-corrected chi connectivity index (χ0v) is 14.0. The number of ether oxygens (including phenoxy) is 1. The lowest BCUT2D eigenvalue weighted by molar-refractivity contribution is -0.192. The topological polar surface area (TPSA) is 104 Å². The van der Waals surface area contributed by atoms with Gasteiger partial charge in [-0.2, -0.15) is 18.3 Å². The number of alkyl halides is 3. The lowest BCUT2D eigenvalue weighted by Crippen LogP contribution is -2.37. The van der Waals surface area contributed by atoms with E-state index in [2.05, 4.69) is 32.0 Å². The molecule has 2 aromatic heterocycles. The maximum Gasteiger partial charge on any atom is 0.490 e. The Labute approximate surface area is 147 Å². The molecule has 3 rings (SSSR count). The van der Waals surface area contributed by atoms with Crippen molar-refractivity contribution < 1.29 is 27.8 Å². The third-order valence-corrected chi connectivity index (χ3v) is 3.44. The number of aromatic amines is 1. The Morgan fingerprint density at radius 1 is 1.35 bits per heavy atom. The van der Waals surface area contributed by atoms with E-state index in [4.69, 9.17) is 14.6 Å². The lowest BCUT2D eigenvalue weighted by atomic mass is 10.2. The number of hydrogen-bond acceptors (Lipinski definition) is 6. The van der Waals surface area contributed by atoms with Gasteiger partial charge in [-0.15, -0.1) is 0 Å². The third-order valence-electron chi connectivity index (χ3n) is 3.44. The second kappa shape index (κ2) is 8.61. The second-order valence-corrected chi connectivity index (χ2v) is 5.27. The average molecular weight is 373 g/mol. The molecule has 2 aromatic rings. The van der Waals surface area contributed by atoms with Gasteiger partial charge < -0.3 is 14.7 Å². The standard InChI is InChI=1S/C13H17N5O.C2HF3O2/c1-2-10-9-12(11-3-4-14-17-11)16-13(15-10)18-5-7-19-8-6-18;3-2(4,5)1(6)7/h3-4,9H,2,5-8H2,1H3,(H,14,17);(H,6,7). The normalized spacial score (nSPS) is 14.5. The van der Waals surface area contributed by atoms with Gasteiger partial charge in [-0.3, -0.25) is 5.10 Å². The SMILES string of the molecule is CCc1cc(-c2ccn[nH]2)nc(N2CCOCC2)n1.O=C(O)C(F)(F)F. The van der Waals surface area contributed by atoms with Crippen LogP contribution in [-0.2, 0) is 16.0 Å². The molecular weight excluding hydrogens is 355 g/mol. The van der Waals surface area contributed by atoms with Crippen molar-refractivity contribution in [2.45, 2.75) is 19.5 Å². The zero-order valence-electron chi connectivity index (χ0n) is 14.0. The summed E-state index contributed by atoms with van der Waals surface area (Å²) in [7, 11) is 0. The van der Waals surface area contributed by atoms with Crippen LogP contribution in [0.4, 0.5) is 19.1 Å². The first-order valence-electron chi connectivity index (χ1n) is 7.81. The molecular formula is C15H18F3N5O3. The molecule has 1 saturated heterocycles. The van der Waals surface area contributed by atoms with Gasteiger partial charge in [0.15, 0.2) is 0 Å². The van der Waals surface area contributed by atoms with Crippen LogP contribution in [0.2, 0.25) is 0 Å². The first kappa shape index (κ1) is 19.6. The first-order chi connectivity index (χ1) is 12.3. The largest absolute Gasteiger partial charge is 0.490 e. The maximum atomic E-state index is 10.6. The highest BCUT2D eigenvalue weighted by Crippen LogP contribution is 2.19. The lowest BCUT2D eigenvalue weighted by Gasteiger charge is -2.27. The molecule has 3 heterocycles. The van der Waals surface area contributed by atoms with Gasteiger partial charge in [0.1, 0.15) is 0 Å². The fourth-order valence-corrected chi connectivity index (χ4v) is 2.11. The molecule has 0 amide bonds. The summed E-state index contributed by atoms with van der Waals surface area (Å²) < 4.78 is 37.1. The van der Waals surface area contributed by atoms with Crippen molar-refractivity contribution in [3.8, 4) is 11.4 Å². The van der Waals surface area contributed by atoms with Crippen LogP contribution in [0.25, 0.3) is 11.4 Å². The number of carboxylic acid groups (broad SMARTS) is 1. The average Bonchev–Trinajstić information content (AvgIpc) is 3.16. The van der Waals surface area contributed by atoms with Crippen LogP contribution in [0.15, 0.2) is 18.3 Å². The van der Waals surface area contributed by atoms with E-state index in [-0.39, 0.29) is 0 Å². The summed E-state index contributed by atoms with van der Waals surface area (Å²) in [5, 5.41) is 14.1. The first-order valence-corrected chi connectivity index (χ1v) is 7.81. The van der Waals surface area contributed by atoms with Crippen LogP contribution < -0.4 is 4.90 Å². The molecule has 0 spiro atoms. The van der Waals surface area contributed by atoms with Crippen LogP contribution in [0.3, 0.4) is 0 Å². The van der Waals surface area contributed by atoms with Gasteiger partial charge in [-0.25, -0.2) is 14.8 Å². The summed E-state index contributed by atoms with van der Waals surface area (Å²) in [4.78, 5) is 20.3. The molecule has 2 N–H and O–H groups in total. The van der Waals surface area contributed by atoms with Gasteiger partial charge in [0.2, 0.25) is 5.95 Å². The molecule has 0 radical (unpaired) electrons. The number of aryl methyl sites for hydroxylation is 1. The number of aromatic nitrogens is 4. The predicted molar refractivity (Wildman–Crippen MR) is 85.7 cm³/mol. The number of nitrogens with zero attached hydrogens (tertiary/aromatic N) is 4. The number of hydrogen-bond donors (Lipinski definition) is 2. The van der Waals surface area contributed by atoms with Gasteiger partial charge in [-0.05, 0) is 18.6 Å². The van der Waals surface area contributed by atoms with Gasteiger partial charge in [0.05, 0.1) is 24.6 Å². The molecule has 26 heavy (non-hydrogen) atoms. The summed E-state index contributed by atoms with van der Waals surface area (Å²) in [6.45, 7) is 5.26. The molecule has 11 heteroatoms. The quantitative estimate of drug-likeness (QED) is 0.847.